The third-order valence-electron chi connectivity index (χ3n) is 5.50. The van der Waals surface area contributed by atoms with Gasteiger partial charge in [-0.05, 0) is 50.8 Å². The minimum atomic E-state index is -2.97. The Hall–Kier alpha value is -2.72. The summed E-state index contributed by atoms with van der Waals surface area (Å²) in [6.07, 6.45) is 2.11. The summed E-state index contributed by atoms with van der Waals surface area (Å²) >= 11 is 0. The summed E-state index contributed by atoms with van der Waals surface area (Å²) in [5.74, 6) is 0.750. The Morgan fingerprint density at radius 1 is 1.38 bits per heavy atom. The maximum Gasteiger partial charge on any atom is 0.387 e. The van der Waals surface area contributed by atoms with Crippen LogP contribution in [0, 0.1) is 5.92 Å². The Morgan fingerprint density at radius 3 is 2.81 bits per heavy atom. The second-order valence-electron chi connectivity index (χ2n) is 8.42. The van der Waals surface area contributed by atoms with Crippen molar-refractivity contribution in [3.05, 3.63) is 29.7 Å². The van der Waals surface area contributed by atoms with Crippen LogP contribution in [0.15, 0.2) is 22.6 Å². The molecule has 8 nitrogen and oxygen atoms in total. The molecule has 2 fully saturated rings. The van der Waals surface area contributed by atoms with Gasteiger partial charge in [0.15, 0.2) is 23.0 Å². The van der Waals surface area contributed by atoms with Gasteiger partial charge in [-0.25, -0.2) is 4.98 Å². The van der Waals surface area contributed by atoms with Gasteiger partial charge in [0.25, 0.3) is 5.91 Å². The molecule has 0 radical (unpaired) electrons. The number of benzene rings is 1. The molecule has 2 aromatic rings. The fraction of sp³-hybridized carbons (Fsp3) is 0.545. The third kappa shape index (κ3) is 5.18. The number of hydrogen-bond donors (Lipinski definition) is 2. The van der Waals surface area contributed by atoms with E-state index in [-0.39, 0.29) is 40.8 Å². The molecule has 174 valence electrons. The number of ether oxygens (including phenoxy) is 2. The van der Waals surface area contributed by atoms with Gasteiger partial charge in [0.2, 0.25) is 5.89 Å². The molecule has 2 atom stereocenters. The Morgan fingerprint density at radius 2 is 2.16 bits per heavy atom. The monoisotopic (exact) mass is 450 g/mol. The van der Waals surface area contributed by atoms with E-state index < -0.39 is 12.7 Å². The zero-order valence-corrected chi connectivity index (χ0v) is 18.1. The molecule has 1 unspecified atom stereocenters. The lowest BCUT2D eigenvalue weighted by Gasteiger charge is -2.31. The van der Waals surface area contributed by atoms with Gasteiger partial charge < -0.3 is 29.8 Å². The standard InChI is InChI=1S/C22H28F2N4O4/c1-12-10-28(8-7-26-12)21(29)18-19(13(2)25)32-20(27-18)15-5-6-16(31-22(23)24)17(9-15)30-11-14-3-4-14/h5-6,9,12-14,22,26H,3-4,7-8,10-11,25H2,1-2H3/t12-,13?/m1/s1. The molecule has 10 heteroatoms. The molecule has 1 saturated carbocycles. The number of halogens is 2. The lowest BCUT2D eigenvalue weighted by molar-refractivity contribution is -0.0515. The van der Waals surface area contributed by atoms with Gasteiger partial charge in [-0.15, -0.1) is 0 Å². The predicted octanol–water partition coefficient (Wildman–Crippen LogP) is 3.19. The molecule has 0 spiro atoms. The summed E-state index contributed by atoms with van der Waals surface area (Å²) in [5, 5.41) is 3.29. The van der Waals surface area contributed by atoms with Crippen molar-refractivity contribution in [1.82, 2.24) is 15.2 Å². The predicted molar refractivity (Wildman–Crippen MR) is 113 cm³/mol. The van der Waals surface area contributed by atoms with E-state index >= 15 is 0 Å². The molecule has 1 amide bonds. The molecular formula is C22H28F2N4O4. The maximum atomic E-state index is 13.1. The van der Waals surface area contributed by atoms with Crippen LogP contribution < -0.4 is 20.5 Å². The number of carbonyl (C=O) groups excluding carboxylic acids is 1. The van der Waals surface area contributed by atoms with Crippen molar-refractivity contribution in [2.75, 3.05) is 26.2 Å². The second kappa shape index (κ2) is 9.41. The Kier molecular flexibility index (Phi) is 6.61. The number of rotatable bonds is 8. The highest BCUT2D eigenvalue weighted by Crippen LogP contribution is 2.37. The summed E-state index contributed by atoms with van der Waals surface area (Å²) in [7, 11) is 0. The highest BCUT2D eigenvalue weighted by atomic mass is 19.3. The lowest BCUT2D eigenvalue weighted by Crippen LogP contribution is -2.51. The van der Waals surface area contributed by atoms with Crippen molar-refractivity contribution >= 4 is 5.91 Å². The van der Waals surface area contributed by atoms with Crippen LogP contribution >= 0.6 is 0 Å². The summed E-state index contributed by atoms with van der Waals surface area (Å²) < 4.78 is 41.8. The van der Waals surface area contributed by atoms with Crippen molar-refractivity contribution in [2.24, 2.45) is 11.7 Å². The van der Waals surface area contributed by atoms with E-state index in [4.69, 9.17) is 14.9 Å². The van der Waals surface area contributed by atoms with E-state index in [1.807, 2.05) is 6.92 Å². The topological polar surface area (TPSA) is 103 Å². The average Bonchev–Trinajstić information content (AvgIpc) is 3.47. The largest absolute Gasteiger partial charge is 0.489 e. The van der Waals surface area contributed by atoms with E-state index in [1.165, 1.54) is 12.1 Å². The number of alkyl halides is 2. The molecule has 2 aliphatic rings. The van der Waals surface area contributed by atoms with Crippen molar-refractivity contribution < 1.29 is 27.5 Å². The van der Waals surface area contributed by atoms with Gasteiger partial charge in [-0.2, -0.15) is 8.78 Å². The van der Waals surface area contributed by atoms with E-state index in [2.05, 4.69) is 15.0 Å². The van der Waals surface area contributed by atoms with Gasteiger partial charge in [-0.3, -0.25) is 4.79 Å². The smallest absolute Gasteiger partial charge is 0.387 e. The molecule has 1 saturated heterocycles. The molecule has 4 rings (SSSR count). The molecule has 0 bridgehead atoms. The number of nitrogens with one attached hydrogen (secondary N) is 1. The van der Waals surface area contributed by atoms with Gasteiger partial charge in [-0.1, -0.05) is 0 Å². The zero-order chi connectivity index (χ0) is 22.8. The minimum absolute atomic E-state index is 0.0607. The maximum absolute atomic E-state index is 13.1. The van der Waals surface area contributed by atoms with Gasteiger partial charge >= 0.3 is 6.61 Å². The van der Waals surface area contributed by atoms with Crippen molar-refractivity contribution in [3.8, 4) is 23.0 Å². The van der Waals surface area contributed by atoms with E-state index in [9.17, 15) is 13.6 Å². The lowest BCUT2D eigenvalue weighted by atomic mass is 10.1. The Bertz CT molecular complexity index is 961. The van der Waals surface area contributed by atoms with Crippen molar-refractivity contribution in [1.29, 1.82) is 0 Å². The number of carbonyl (C=O) groups is 1. The molecule has 1 aromatic heterocycles. The Labute approximate surface area is 185 Å². The van der Waals surface area contributed by atoms with E-state index in [0.717, 1.165) is 12.8 Å². The molecule has 1 aliphatic heterocycles. The molecular weight excluding hydrogens is 422 g/mol. The molecule has 2 heterocycles. The number of piperazine rings is 1. The molecule has 32 heavy (non-hydrogen) atoms. The van der Waals surface area contributed by atoms with Crippen LogP contribution in [0.1, 0.15) is 49.0 Å². The quantitative estimate of drug-likeness (QED) is 0.637. The van der Waals surface area contributed by atoms with E-state index in [1.54, 1.807) is 17.9 Å². The number of hydrogen-bond acceptors (Lipinski definition) is 7. The first-order chi connectivity index (χ1) is 15.3. The molecule has 1 aromatic carbocycles. The SMILES string of the molecule is CC(N)c1oc(-c2ccc(OC(F)F)c(OCC3CC3)c2)nc1C(=O)N1CCN[C@H](C)C1. The highest BCUT2D eigenvalue weighted by molar-refractivity contribution is 5.94. The van der Waals surface area contributed by atoms with E-state index in [0.29, 0.717) is 37.7 Å². The minimum Gasteiger partial charge on any atom is -0.489 e. The summed E-state index contributed by atoms with van der Waals surface area (Å²) in [4.78, 5) is 19.3. The number of aromatic nitrogens is 1. The van der Waals surface area contributed by atoms with Crippen LogP contribution in [0.25, 0.3) is 11.5 Å². The first-order valence-corrected chi connectivity index (χ1v) is 10.8. The molecule has 1 aliphatic carbocycles. The number of nitrogens with two attached hydrogens (primary N) is 1. The zero-order valence-electron chi connectivity index (χ0n) is 18.1. The van der Waals surface area contributed by atoms with Crippen LogP contribution in [-0.4, -0.2) is 54.7 Å². The van der Waals surface area contributed by atoms with Crippen LogP contribution in [0.4, 0.5) is 8.78 Å². The second-order valence-corrected chi connectivity index (χ2v) is 8.42. The normalized spacial score (nSPS) is 19.8. The number of nitrogens with zero attached hydrogens (tertiary/aromatic N) is 2. The summed E-state index contributed by atoms with van der Waals surface area (Å²) in [5.41, 5.74) is 6.70. The number of oxazole rings is 1. The first kappa shape index (κ1) is 22.5. The van der Waals surface area contributed by atoms with Crippen molar-refractivity contribution in [3.63, 3.8) is 0 Å². The average molecular weight is 450 g/mol. The van der Waals surface area contributed by atoms with Crippen LogP contribution in [-0.2, 0) is 0 Å². The summed E-state index contributed by atoms with van der Waals surface area (Å²) in [6, 6.07) is 4.09. The fourth-order valence-electron chi connectivity index (χ4n) is 3.62. The van der Waals surface area contributed by atoms with Gasteiger partial charge in [0.05, 0.1) is 12.6 Å². The first-order valence-electron chi connectivity index (χ1n) is 10.8. The third-order valence-corrected chi connectivity index (χ3v) is 5.50. The fourth-order valence-corrected chi connectivity index (χ4v) is 3.62. The van der Waals surface area contributed by atoms with Crippen LogP contribution in [0.5, 0.6) is 11.5 Å². The van der Waals surface area contributed by atoms with Crippen LogP contribution in [0.3, 0.4) is 0 Å². The summed E-state index contributed by atoms with van der Waals surface area (Å²) in [6.45, 7) is 2.97. The number of amides is 1. The van der Waals surface area contributed by atoms with Crippen molar-refractivity contribution in [2.45, 2.75) is 45.4 Å². The van der Waals surface area contributed by atoms with Gasteiger partial charge in [0.1, 0.15) is 0 Å². The highest BCUT2D eigenvalue weighted by Gasteiger charge is 2.30. The van der Waals surface area contributed by atoms with Gasteiger partial charge in [0, 0.05) is 31.2 Å². The molecule has 3 N–H and O–H groups in total. The Balaban J connectivity index is 1.64. The van der Waals surface area contributed by atoms with Crippen LogP contribution in [0.2, 0.25) is 0 Å².